The zero-order chi connectivity index (χ0) is 11.4. The van der Waals surface area contributed by atoms with Crippen LogP contribution in [0.4, 0.5) is 4.39 Å². The van der Waals surface area contributed by atoms with Crippen LogP contribution in [0.1, 0.15) is 10.5 Å². The number of halogens is 1. The number of alkyl halides is 1. The Bertz CT molecular complexity index is 337. The standard InChI is InChI=1S/C9H13FN4OS/c10-1-2-13-3-5-14(6-4-13)9(15)8-7-11-16-12-8/h7H,1-6H2. The molecule has 0 atom stereocenters. The minimum atomic E-state index is -0.329. The van der Waals surface area contributed by atoms with Crippen molar-refractivity contribution in [2.45, 2.75) is 0 Å². The molecule has 1 aromatic rings. The van der Waals surface area contributed by atoms with Crippen LogP contribution < -0.4 is 0 Å². The van der Waals surface area contributed by atoms with Crippen LogP contribution in [0.5, 0.6) is 0 Å². The van der Waals surface area contributed by atoms with Gasteiger partial charge in [-0.05, 0) is 0 Å². The first kappa shape index (κ1) is 11.4. The van der Waals surface area contributed by atoms with Gasteiger partial charge in [0.15, 0.2) is 5.69 Å². The summed E-state index contributed by atoms with van der Waals surface area (Å²) in [5, 5.41) is 0. The summed E-state index contributed by atoms with van der Waals surface area (Å²) in [5.41, 5.74) is 0.406. The first-order valence-corrected chi connectivity index (χ1v) is 5.89. The van der Waals surface area contributed by atoms with Crippen molar-refractivity contribution in [3.8, 4) is 0 Å². The summed E-state index contributed by atoms with van der Waals surface area (Å²) in [4.78, 5) is 15.6. The van der Waals surface area contributed by atoms with Crippen molar-refractivity contribution < 1.29 is 9.18 Å². The molecule has 1 aliphatic heterocycles. The van der Waals surface area contributed by atoms with E-state index in [0.29, 0.717) is 25.3 Å². The molecule has 0 bridgehead atoms. The van der Waals surface area contributed by atoms with Gasteiger partial charge in [0.25, 0.3) is 5.91 Å². The molecule has 0 N–H and O–H groups in total. The van der Waals surface area contributed by atoms with Crippen molar-refractivity contribution in [2.75, 3.05) is 39.4 Å². The van der Waals surface area contributed by atoms with Crippen LogP contribution in [0.15, 0.2) is 6.20 Å². The molecular weight excluding hydrogens is 231 g/mol. The topological polar surface area (TPSA) is 49.3 Å². The summed E-state index contributed by atoms with van der Waals surface area (Å²) in [6.07, 6.45) is 1.49. The molecule has 1 saturated heterocycles. The molecule has 2 rings (SSSR count). The maximum atomic E-state index is 12.1. The number of hydrogen-bond donors (Lipinski definition) is 0. The predicted molar refractivity (Wildman–Crippen MR) is 58.2 cm³/mol. The molecule has 7 heteroatoms. The second-order valence-electron chi connectivity index (χ2n) is 3.62. The molecule has 1 aromatic heterocycles. The van der Waals surface area contributed by atoms with Crippen molar-refractivity contribution in [3.05, 3.63) is 11.9 Å². The van der Waals surface area contributed by atoms with Crippen LogP contribution in [-0.4, -0.2) is 63.9 Å². The number of piperazine rings is 1. The average molecular weight is 244 g/mol. The van der Waals surface area contributed by atoms with Gasteiger partial charge in [-0.15, -0.1) is 0 Å². The highest BCUT2D eigenvalue weighted by atomic mass is 32.1. The maximum absolute atomic E-state index is 12.1. The van der Waals surface area contributed by atoms with E-state index >= 15 is 0 Å². The number of carbonyl (C=O) groups excluding carboxylic acids is 1. The van der Waals surface area contributed by atoms with Crippen LogP contribution in [0, 0.1) is 0 Å². The Balaban J connectivity index is 1.87. The Morgan fingerprint density at radius 2 is 2.19 bits per heavy atom. The van der Waals surface area contributed by atoms with Gasteiger partial charge in [0.05, 0.1) is 17.9 Å². The van der Waals surface area contributed by atoms with Gasteiger partial charge in [-0.1, -0.05) is 0 Å². The van der Waals surface area contributed by atoms with Crippen molar-refractivity contribution in [1.29, 1.82) is 0 Å². The third-order valence-electron chi connectivity index (χ3n) is 2.64. The van der Waals surface area contributed by atoms with E-state index in [0.717, 1.165) is 24.8 Å². The van der Waals surface area contributed by atoms with E-state index in [-0.39, 0.29) is 12.6 Å². The van der Waals surface area contributed by atoms with E-state index in [1.54, 1.807) is 4.90 Å². The molecule has 88 valence electrons. The van der Waals surface area contributed by atoms with Gasteiger partial charge in [0.2, 0.25) is 0 Å². The molecule has 0 unspecified atom stereocenters. The SMILES string of the molecule is O=C(c1cnsn1)N1CCN(CCF)CC1. The second kappa shape index (κ2) is 5.31. The minimum absolute atomic E-state index is 0.0753. The van der Waals surface area contributed by atoms with Gasteiger partial charge in [-0.3, -0.25) is 9.69 Å². The molecule has 0 saturated carbocycles. The van der Waals surface area contributed by atoms with E-state index in [1.807, 2.05) is 4.90 Å². The first-order valence-electron chi connectivity index (χ1n) is 5.16. The lowest BCUT2D eigenvalue weighted by atomic mass is 10.3. The zero-order valence-electron chi connectivity index (χ0n) is 8.80. The average Bonchev–Trinajstić information content (AvgIpc) is 2.83. The van der Waals surface area contributed by atoms with Crippen molar-refractivity contribution in [1.82, 2.24) is 18.5 Å². The molecule has 16 heavy (non-hydrogen) atoms. The maximum Gasteiger partial charge on any atom is 0.275 e. The Hall–Kier alpha value is -1.08. The Morgan fingerprint density at radius 3 is 2.75 bits per heavy atom. The molecule has 1 fully saturated rings. The number of nitrogens with zero attached hydrogens (tertiary/aromatic N) is 4. The number of rotatable bonds is 3. The smallest absolute Gasteiger partial charge is 0.275 e. The summed E-state index contributed by atoms with van der Waals surface area (Å²) < 4.78 is 19.8. The van der Waals surface area contributed by atoms with E-state index in [4.69, 9.17) is 0 Å². The van der Waals surface area contributed by atoms with Gasteiger partial charge in [-0.2, -0.15) is 8.75 Å². The number of hydrogen-bond acceptors (Lipinski definition) is 5. The second-order valence-corrected chi connectivity index (χ2v) is 4.17. The van der Waals surface area contributed by atoms with Gasteiger partial charge in [0, 0.05) is 32.7 Å². The van der Waals surface area contributed by atoms with E-state index in [2.05, 4.69) is 8.75 Å². The van der Waals surface area contributed by atoms with Crippen molar-refractivity contribution >= 4 is 17.6 Å². The monoisotopic (exact) mass is 244 g/mol. The fraction of sp³-hybridized carbons (Fsp3) is 0.667. The molecule has 0 radical (unpaired) electrons. The predicted octanol–water partition coefficient (Wildman–Crippen LogP) is 0.265. The zero-order valence-corrected chi connectivity index (χ0v) is 9.62. The molecule has 1 aliphatic rings. The van der Waals surface area contributed by atoms with Gasteiger partial charge in [0.1, 0.15) is 6.67 Å². The molecule has 0 aliphatic carbocycles. The van der Waals surface area contributed by atoms with Crippen LogP contribution in [-0.2, 0) is 0 Å². The summed E-state index contributed by atoms with van der Waals surface area (Å²) >= 11 is 1.03. The highest BCUT2D eigenvalue weighted by Crippen LogP contribution is 2.07. The molecule has 2 heterocycles. The largest absolute Gasteiger partial charge is 0.335 e. The third kappa shape index (κ3) is 2.53. The Kier molecular flexibility index (Phi) is 3.79. The molecule has 0 spiro atoms. The fourth-order valence-electron chi connectivity index (χ4n) is 1.71. The normalized spacial score (nSPS) is 17.7. The minimum Gasteiger partial charge on any atom is -0.335 e. The highest BCUT2D eigenvalue weighted by molar-refractivity contribution is 6.99. The fourth-order valence-corrected chi connectivity index (χ4v) is 2.12. The first-order chi connectivity index (χ1) is 7.81. The number of amides is 1. The van der Waals surface area contributed by atoms with Crippen LogP contribution in [0.25, 0.3) is 0 Å². The number of carbonyl (C=O) groups is 1. The van der Waals surface area contributed by atoms with Crippen LogP contribution >= 0.6 is 11.7 Å². The Labute approximate surface area is 97.2 Å². The molecular formula is C9H13FN4OS. The summed E-state index contributed by atoms with van der Waals surface area (Å²) in [5.74, 6) is -0.0753. The quantitative estimate of drug-likeness (QED) is 0.765. The lowest BCUT2D eigenvalue weighted by molar-refractivity contribution is 0.0626. The van der Waals surface area contributed by atoms with Crippen LogP contribution in [0.2, 0.25) is 0 Å². The van der Waals surface area contributed by atoms with Gasteiger partial charge < -0.3 is 4.90 Å². The Morgan fingerprint density at radius 1 is 1.44 bits per heavy atom. The lowest BCUT2D eigenvalue weighted by Crippen LogP contribution is -2.49. The lowest BCUT2D eigenvalue weighted by Gasteiger charge is -2.33. The van der Waals surface area contributed by atoms with Crippen molar-refractivity contribution in [3.63, 3.8) is 0 Å². The van der Waals surface area contributed by atoms with Gasteiger partial charge >= 0.3 is 0 Å². The third-order valence-corrected chi connectivity index (χ3v) is 3.12. The molecule has 1 amide bonds. The molecule has 5 nitrogen and oxygen atoms in total. The summed E-state index contributed by atoms with van der Waals surface area (Å²) in [7, 11) is 0. The van der Waals surface area contributed by atoms with E-state index < -0.39 is 0 Å². The number of aromatic nitrogens is 2. The highest BCUT2D eigenvalue weighted by Gasteiger charge is 2.23. The summed E-state index contributed by atoms with van der Waals surface area (Å²) in [6, 6.07) is 0. The van der Waals surface area contributed by atoms with E-state index in [9.17, 15) is 9.18 Å². The van der Waals surface area contributed by atoms with Gasteiger partial charge in [-0.25, -0.2) is 4.39 Å². The van der Waals surface area contributed by atoms with Crippen LogP contribution in [0.3, 0.4) is 0 Å². The van der Waals surface area contributed by atoms with Crippen molar-refractivity contribution in [2.24, 2.45) is 0 Å². The molecule has 0 aromatic carbocycles. The summed E-state index contributed by atoms with van der Waals surface area (Å²) in [6.45, 7) is 2.86. The van der Waals surface area contributed by atoms with E-state index in [1.165, 1.54) is 6.20 Å².